The maximum Gasteiger partial charge on any atom is 0.0546 e. The summed E-state index contributed by atoms with van der Waals surface area (Å²) in [5.41, 5.74) is 6.09. The topological polar surface area (TPSA) is 47.7 Å². The fourth-order valence-corrected chi connectivity index (χ4v) is 2.39. The molecule has 0 aromatic carbocycles. The van der Waals surface area contributed by atoms with E-state index in [1.165, 1.54) is 6.42 Å². The number of ether oxygens (including phenoxy) is 2. The number of methoxy groups -OCH3 is 1. The quantitative estimate of drug-likeness (QED) is 0.654. The summed E-state index contributed by atoms with van der Waals surface area (Å²) in [6, 6.07) is 0. The van der Waals surface area contributed by atoms with Crippen LogP contribution in [0.15, 0.2) is 0 Å². The van der Waals surface area contributed by atoms with E-state index < -0.39 is 0 Å². The van der Waals surface area contributed by atoms with E-state index in [1.807, 2.05) is 0 Å². The Labute approximate surface area is 99.1 Å². The highest BCUT2D eigenvalue weighted by atomic mass is 16.5. The molecule has 16 heavy (non-hydrogen) atoms. The fraction of sp³-hybridized carbons (Fsp3) is 1.00. The summed E-state index contributed by atoms with van der Waals surface area (Å²) in [7, 11) is 3.90. The normalized spacial score (nSPS) is 26.2. The molecule has 96 valence electrons. The van der Waals surface area contributed by atoms with E-state index in [-0.39, 0.29) is 5.41 Å². The molecule has 0 amide bonds. The summed E-state index contributed by atoms with van der Waals surface area (Å²) in [6.45, 7) is 5.37. The van der Waals surface area contributed by atoms with Crippen LogP contribution in [0.25, 0.3) is 0 Å². The lowest BCUT2D eigenvalue weighted by Crippen LogP contribution is -2.47. The van der Waals surface area contributed by atoms with E-state index in [9.17, 15) is 0 Å². The van der Waals surface area contributed by atoms with Crippen LogP contribution >= 0.6 is 0 Å². The second kappa shape index (κ2) is 7.22. The number of nitrogens with zero attached hydrogens (tertiary/aromatic N) is 1. The first-order chi connectivity index (χ1) is 7.72. The van der Waals surface area contributed by atoms with Gasteiger partial charge in [-0.25, -0.2) is 0 Å². The molecule has 0 radical (unpaired) electrons. The van der Waals surface area contributed by atoms with Crippen LogP contribution in [0.3, 0.4) is 0 Å². The molecule has 1 heterocycles. The first-order valence-electron chi connectivity index (χ1n) is 6.18. The Kier molecular flexibility index (Phi) is 6.28. The van der Waals surface area contributed by atoms with E-state index in [0.29, 0.717) is 0 Å². The van der Waals surface area contributed by atoms with Gasteiger partial charge < -0.3 is 20.1 Å². The highest BCUT2D eigenvalue weighted by Gasteiger charge is 2.32. The minimum Gasteiger partial charge on any atom is -0.385 e. The van der Waals surface area contributed by atoms with Crippen LogP contribution in [0, 0.1) is 5.41 Å². The smallest absolute Gasteiger partial charge is 0.0546 e. The van der Waals surface area contributed by atoms with E-state index in [4.69, 9.17) is 15.2 Å². The lowest BCUT2D eigenvalue weighted by atomic mass is 9.82. The van der Waals surface area contributed by atoms with Gasteiger partial charge in [-0.2, -0.15) is 0 Å². The third-order valence-corrected chi connectivity index (χ3v) is 3.33. The van der Waals surface area contributed by atoms with Gasteiger partial charge in [0.05, 0.1) is 6.61 Å². The lowest BCUT2D eigenvalue weighted by Gasteiger charge is -2.39. The molecule has 0 aromatic rings. The van der Waals surface area contributed by atoms with Gasteiger partial charge in [0.2, 0.25) is 0 Å². The largest absolute Gasteiger partial charge is 0.385 e. The second-order valence-electron chi connectivity index (χ2n) is 4.94. The van der Waals surface area contributed by atoms with Crippen molar-refractivity contribution >= 4 is 0 Å². The molecular formula is C12H26N2O2. The number of hydrogen-bond donors (Lipinski definition) is 1. The molecule has 1 aliphatic heterocycles. The SMILES string of the molecule is COCCCN(C)CC1(CN)CCCOC1. The van der Waals surface area contributed by atoms with Gasteiger partial charge in [-0.3, -0.25) is 0 Å². The number of hydrogen-bond acceptors (Lipinski definition) is 4. The average molecular weight is 230 g/mol. The van der Waals surface area contributed by atoms with Crippen LogP contribution in [-0.4, -0.2) is 58.5 Å². The van der Waals surface area contributed by atoms with Crippen molar-refractivity contribution in [3.05, 3.63) is 0 Å². The zero-order valence-corrected chi connectivity index (χ0v) is 10.7. The third-order valence-electron chi connectivity index (χ3n) is 3.33. The molecular weight excluding hydrogens is 204 g/mol. The summed E-state index contributed by atoms with van der Waals surface area (Å²) in [5.74, 6) is 0. The van der Waals surface area contributed by atoms with Crippen molar-refractivity contribution in [2.75, 3.05) is 53.6 Å². The first-order valence-corrected chi connectivity index (χ1v) is 6.18. The molecule has 0 bridgehead atoms. The van der Waals surface area contributed by atoms with Crippen LogP contribution in [-0.2, 0) is 9.47 Å². The third kappa shape index (κ3) is 4.37. The molecule has 0 spiro atoms. The van der Waals surface area contributed by atoms with Crippen LogP contribution in [0.5, 0.6) is 0 Å². The van der Waals surface area contributed by atoms with Gasteiger partial charge >= 0.3 is 0 Å². The van der Waals surface area contributed by atoms with E-state index in [2.05, 4.69) is 11.9 Å². The average Bonchev–Trinajstić information content (AvgIpc) is 2.30. The van der Waals surface area contributed by atoms with Crippen molar-refractivity contribution < 1.29 is 9.47 Å². The molecule has 0 aliphatic carbocycles. The van der Waals surface area contributed by atoms with Crippen molar-refractivity contribution in [2.24, 2.45) is 11.1 Å². The highest BCUT2D eigenvalue weighted by Crippen LogP contribution is 2.28. The fourth-order valence-electron chi connectivity index (χ4n) is 2.39. The van der Waals surface area contributed by atoms with Crippen LogP contribution in [0.2, 0.25) is 0 Å². The Morgan fingerprint density at radius 3 is 2.88 bits per heavy atom. The van der Waals surface area contributed by atoms with Crippen molar-refractivity contribution in [3.8, 4) is 0 Å². The summed E-state index contributed by atoms with van der Waals surface area (Å²) >= 11 is 0. The lowest BCUT2D eigenvalue weighted by molar-refractivity contribution is -0.0188. The summed E-state index contributed by atoms with van der Waals surface area (Å²) in [5, 5.41) is 0. The Hall–Kier alpha value is -0.160. The van der Waals surface area contributed by atoms with Crippen LogP contribution < -0.4 is 5.73 Å². The van der Waals surface area contributed by atoms with E-state index >= 15 is 0 Å². The van der Waals surface area contributed by atoms with Gasteiger partial charge in [-0.15, -0.1) is 0 Å². The van der Waals surface area contributed by atoms with E-state index in [1.54, 1.807) is 7.11 Å². The molecule has 0 aromatic heterocycles. The number of nitrogens with two attached hydrogens (primary N) is 1. The Morgan fingerprint density at radius 2 is 2.31 bits per heavy atom. The van der Waals surface area contributed by atoms with Gasteiger partial charge in [-0.05, 0) is 26.3 Å². The zero-order valence-electron chi connectivity index (χ0n) is 10.7. The monoisotopic (exact) mass is 230 g/mol. The van der Waals surface area contributed by atoms with Crippen LogP contribution in [0.4, 0.5) is 0 Å². The Balaban J connectivity index is 2.30. The predicted molar refractivity (Wildman–Crippen MR) is 65.5 cm³/mol. The minimum absolute atomic E-state index is 0.181. The van der Waals surface area contributed by atoms with Gasteiger partial charge in [-0.1, -0.05) is 0 Å². The predicted octanol–water partition coefficient (Wildman–Crippen LogP) is 0.710. The van der Waals surface area contributed by atoms with Gasteiger partial charge in [0.25, 0.3) is 0 Å². The Morgan fingerprint density at radius 1 is 1.50 bits per heavy atom. The Bertz CT molecular complexity index is 182. The molecule has 1 atom stereocenters. The van der Waals surface area contributed by atoms with E-state index in [0.717, 1.165) is 52.3 Å². The zero-order chi connectivity index (χ0) is 11.9. The molecule has 4 nitrogen and oxygen atoms in total. The maximum absolute atomic E-state index is 5.91. The number of rotatable bonds is 7. The molecule has 0 saturated carbocycles. The summed E-state index contributed by atoms with van der Waals surface area (Å²) in [6.07, 6.45) is 3.41. The van der Waals surface area contributed by atoms with Crippen molar-refractivity contribution in [3.63, 3.8) is 0 Å². The van der Waals surface area contributed by atoms with Gasteiger partial charge in [0.1, 0.15) is 0 Å². The van der Waals surface area contributed by atoms with Crippen molar-refractivity contribution in [2.45, 2.75) is 19.3 Å². The van der Waals surface area contributed by atoms with Crippen LogP contribution in [0.1, 0.15) is 19.3 Å². The van der Waals surface area contributed by atoms with Gasteiger partial charge in [0, 0.05) is 45.4 Å². The van der Waals surface area contributed by atoms with Crippen molar-refractivity contribution in [1.29, 1.82) is 0 Å². The van der Waals surface area contributed by atoms with Crippen molar-refractivity contribution in [1.82, 2.24) is 4.90 Å². The minimum atomic E-state index is 0.181. The summed E-state index contributed by atoms with van der Waals surface area (Å²) < 4.78 is 10.6. The molecule has 1 rings (SSSR count). The molecule has 1 unspecified atom stereocenters. The standard InChI is InChI=1S/C12H26N2O2/c1-14(6-4-7-15-2)10-12(9-13)5-3-8-16-11-12/h3-11,13H2,1-2H3. The van der Waals surface area contributed by atoms with Gasteiger partial charge in [0.15, 0.2) is 0 Å². The molecule has 1 aliphatic rings. The maximum atomic E-state index is 5.91. The summed E-state index contributed by atoms with van der Waals surface area (Å²) in [4.78, 5) is 2.35. The molecule has 1 saturated heterocycles. The molecule has 2 N–H and O–H groups in total. The molecule has 4 heteroatoms. The second-order valence-corrected chi connectivity index (χ2v) is 4.94. The molecule has 1 fully saturated rings. The highest BCUT2D eigenvalue weighted by molar-refractivity contribution is 4.85. The first kappa shape index (κ1) is 13.9.